The minimum Gasteiger partial charge on any atom is -0.330 e. The van der Waals surface area contributed by atoms with E-state index in [0.717, 1.165) is 18.9 Å². The van der Waals surface area contributed by atoms with Crippen LogP contribution in [0, 0.1) is 12.8 Å². The first-order chi connectivity index (χ1) is 7.13. The number of benzene rings is 1. The number of rotatable bonds is 5. The maximum atomic E-state index is 5.63. The van der Waals surface area contributed by atoms with Crippen LogP contribution in [-0.2, 0) is 6.42 Å². The molecule has 2 N–H and O–H groups in total. The summed E-state index contributed by atoms with van der Waals surface area (Å²) in [6.07, 6.45) is 0.988. The molecule has 0 spiro atoms. The van der Waals surface area contributed by atoms with Gasteiger partial charge >= 0.3 is 0 Å². The van der Waals surface area contributed by atoms with Crippen molar-refractivity contribution in [1.29, 1.82) is 0 Å². The van der Waals surface area contributed by atoms with Gasteiger partial charge in [-0.25, -0.2) is 0 Å². The van der Waals surface area contributed by atoms with Gasteiger partial charge in [-0.2, -0.15) is 0 Å². The molecule has 0 heterocycles. The summed E-state index contributed by atoms with van der Waals surface area (Å²) in [7, 11) is 0. The van der Waals surface area contributed by atoms with Gasteiger partial charge in [-0.3, -0.25) is 0 Å². The van der Waals surface area contributed by atoms with E-state index in [1.165, 1.54) is 21.8 Å². The summed E-state index contributed by atoms with van der Waals surface area (Å²) >= 11 is 1.95. The molecule has 0 aromatic heterocycles. The van der Waals surface area contributed by atoms with Gasteiger partial charge in [0.05, 0.1) is 0 Å². The molecule has 1 rings (SSSR count). The Balaban J connectivity index is 2.76. The molecule has 1 aromatic rings. The summed E-state index contributed by atoms with van der Waals surface area (Å²) in [5.74, 6) is 1.92. The van der Waals surface area contributed by atoms with Crippen molar-refractivity contribution < 1.29 is 0 Å². The van der Waals surface area contributed by atoms with E-state index in [2.05, 4.69) is 39.0 Å². The maximum Gasteiger partial charge on any atom is 0.0105 e. The summed E-state index contributed by atoms with van der Waals surface area (Å²) in [5, 5.41) is 0. The van der Waals surface area contributed by atoms with Crippen LogP contribution in [0.1, 0.15) is 25.0 Å². The predicted molar refractivity (Wildman–Crippen MR) is 69.5 cm³/mol. The number of nitrogens with two attached hydrogens (primary N) is 1. The van der Waals surface area contributed by atoms with Gasteiger partial charge in [-0.15, -0.1) is 11.8 Å². The molecule has 0 atom stereocenters. The first kappa shape index (κ1) is 12.6. The van der Waals surface area contributed by atoms with Crippen molar-refractivity contribution >= 4 is 11.8 Å². The van der Waals surface area contributed by atoms with Gasteiger partial charge in [-0.1, -0.05) is 31.5 Å². The predicted octanol–water partition coefficient (Wildman–Crippen LogP) is 3.24. The largest absolute Gasteiger partial charge is 0.330 e. The Hall–Kier alpha value is -0.470. The van der Waals surface area contributed by atoms with Gasteiger partial charge < -0.3 is 5.73 Å². The second kappa shape index (κ2) is 6.19. The molecule has 2 heteroatoms. The van der Waals surface area contributed by atoms with Crippen LogP contribution in [-0.4, -0.2) is 12.3 Å². The van der Waals surface area contributed by atoms with Gasteiger partial charge in [0.2, 0.25) is 0 Å². The first-order valence-electron chi connectivity index (χ1n) is 5.56. The van der Waals surface area contributed by atoms with Crippen molar-refractivity contribution in [2.45, 2.75) is 32.1 Å². The number of hydrogen-bond donors (Lipinski definition) is 1. The van der Waals surface area contributed by atoms with E-state index in [-0.39, 0.29) is 0 Å². The Bertz CT molecular complexity index is 307. The van der Waals surface area contributed by atoms with Crippen molar-refractivity contribution in [1.82, 2.24) is 0 Å². The zero-order chi connectivity index (χ0) is 11.3. The van der Waals surface area contributed by atoms with E-state index in [0.29, 0.717) is 0 Å². The molecule has 0 aliphatic heterocycles. The summed E-state index contributed by atoms with van der Waals surface area (Å²) in [6, 6.07) is 6.67. The van der Waals surface area contributed by atoms with E-state index in [4.69, 9.17) is 5.73 Å². The SMILES string of the molecule is Cc1ccc(SCC(C)C)c(CCN)c1. The second-order valence-electron chi connectivity index (χ2n) is 4.35. The molecule has 1 nitrogen and oxygen atoms in total. The van der Waals surface area contributed by atoms with Crippen LogP contribution >= 0.6 is 11.8 Å². The molecule has 0 fully saturated rings. The molecule has 0 saturated heterocycles. The number of thioether (sulfide) groups is 1. The Morgan fingerprint density at radius 3 is 2.67 bits per heavy atom. The third-order valence-corrected chi connectivity index (χ3v) is 3.74. The summed E-state index contributed by atoms with van der Waals surface area (Å²) in [5.41, 5.74) is 8.36. The summed E-state index contributed by atoms with van der Waals surface area (Å²) in [6.45, 7) is 7.38. The zero-order valence-electron chi connectivity index (χ0n) is 9.92. The van der Waals surface area contributed by atoms with Crippen molar-refractivity contribution in [3.63, 3.8) is 0 Å². The van der Waals surface area contributed by atoms with Crippen molar-refractivity contribution in [2.24, 2.45) is 11.7 Å². The van der Waals surface area contributed by atoms with Gasteiger partial charge in [0.25, 0.3) is 0 Å². The lowest BCUT2D eigenvalue weighted by molar-refractivity contribution is 0.750. The minimum atomic E-state index is 0.735. The fraction of sp³-hybridized carbons (Fsp3) is 0.538. The van der Waals surface area contributed by atoms with E-state index >= 15 is 0 Å². The molecular weight excluding hydrogens is 202 g/mol. The Labute approximate surface area is 97.4 Å². The molecule has 0 aliphatic carbocycles. The molecule has 15 heavy (non-hydrogen) atoms. The van der Waals surface area contributed by atoms with Crippen LogP contribution in [0.3, 0.4) is 0 Å². The van der Waals surface area contributed by atoms with Gasteiger partial charge in [0, 0.05) is 10.6 Å². The molecule has 84 valence electrons. The van der Waals surface area contributed by atoms with E-state index in [1.807, 2.05) is 11.8 Å². The highest BCUT2D eigenvalue weighted by atomic mass is 32.2. The monoisotopic (exact) mass is 223 g/mol. The second-order valence-corrected chi connectivity index (χ2v) is 5.42. The lowest BCUT2D eigenvalue weighted by atomic mass is 10.1. The standard InChI is InChI=1S/C13H21NS/c1-10(2)9-15-13-5-4-11(3)8-12(13)6-7-14/h4-5,8,10H,6-7,9,14H2,1-3H3. The molecule has 0 radical (unpaired) electrons. The molecule has 0 saturated carbocycles. The molecule has 0 bridgehead atoms. The highest BCUT2D eigenvalue weighted by Crippen LogP contribution is 2.25. The topological polar surface area (TPSA) is 26.0 Å². The molecular formula is C13H21NS. The summed E-state index contributed by atoms with van der Waals surface area (Å²) in [4.78, 5) is 1.40. The van der Waals surface area contributed by atoms with E-state index in [1.54, 1.807) is 0 Å². The maximum absolute atomic E-state index is 5.63. The molecule has 1 aromatic carbocycles. The number of aryl methyl sites for hydroxylation is 1. The van der Waals surface area contributed by atoms with Crippen molar-refractivity contribution in [2.75, 3.05) is 12.3 Å². The lowest BCUT2D eigenvalue weighted by Crippen LogP contribution is -2.04. The van der Waals surface area contributed by atoms with Crippen LogP contribution in [0.25, 0.3) is 0 Å². The quantitative estimate of drug-likeness (QED) is 0.776. The third kappa shape index (κ3) is 4.27. The normalized spacial score (nSPS) is 11.0. The highest BCUT2D eigenvalue weighted by Gasteiger charge is 2.04. The van der Waals surface area contributed by atoms with Crippen LogP contribution in [0.5, 0.6) is 0 Å². The van der Waals surface area contributed by atoms with Crippen LogP contribution in [0.2, 0.25) is 0 Å². The minimum absolute atomic E-state index is 0.735. The van der Waals surface area contributed by atoms with E-state index < -0.39 is 0 Å². The van der Waals surface area contributed by atoms with Gasteiger partial charge in [0.1, 0.15) is 0 Å². The van der Waals surface area contributed by atoms with E-state index in [9.17, 15) is 0 Å². The number of hydrogen-bond acceptors (Lipinski definition) is 2. The molecule has 0 unspecified atom stereocenters. The zero-order valence-corrected chi connectivity index (χ0v) is 10.7. The Kier molecular flexibility index (Phi) is 5.20. The Morgan fingerprint density at radius 2 is 2.07 bits per heavy atom. The van der Waals surface area contributed by atoms with Gasteiger partial charge in [-0.05, 0) is 37.4 Å². The Morgan fingerprint density at radius 1 is 1.33 bits per heavy atom. The van der Waals surface area contributed by atoms with Crippen LogP contribution in [0.15, 0.2) is 23.1 Å². The average Bonchev–Trinajstić information content (AvgIpc) is 2.17. The molecule has 0 aliphatic rings. The fourth-order valence-electron chi connectivity index (χ4n) is 1.46. The lowest BCUT2D eigenvalue weighted by Gasteiger charge is -2.10. The van der Waals surface area contributed by atoms with Crippen molar-refractivity contribution in [3.8, 4) is 0 Å². The average molecular weight is 223 g/mol. The van der Waals surface area contributed by atoms with Crippen molar-refractivity contribution in [3.05, 3.63) is 29.3 Å². The summed E-state index contributed by atoms with van der Waals surface area (Å²) < 4.78 is 0. The highest BCUT2D eigenvalue weighted by molar-refractivity contribution is 7.99. The molecule has 0 amide bonds. The van der Waals surface area contributed by atoms with Crippen LogP contribution in [0.4, 0.5) is 0 Å². The third-order valence-electron chi connectivity index (χ3n) is 2.20. The smallest absolute Gasteiger partial charge is 0.0105 e. The fourth-order valence-corrected chi connectivity index (χ4v) is 2.48. The first-order valence-corrected chi connectivity index (χ1v) is 6.54. The van der Waals surface area contributed by atoms with Gasteiger partial charge in [0.15, 0.2) is 0 Å². The van der Waals surface area contributed by atoms with Crippen LogP contribution < -0.4 is 5.73 Å².